The van der Waals surface area contributed by atoms with E-state index in [4.69, 9.17) is 4.74 Å². The Morgan fingerprint density at radius 2 is 1.49 bits per heavy atom. The van der Waals surface area contributed by atoms with Crippen LogP contribution in [0, 0.1) is 26.7 Å². The van der Waals surface area contributed by atoms with E-state index >= 15 is 0 Å². The van der Waals surface area contributed by atoms with Crippen molar-refractivity contribution in [3.63, 3.8) is 0 Å². The highest BCUT2D eigenvalue weighted by Gasteiger charge is 2.34. The lowest BCUT2D eigenvalue weighted by Crippen LogP contribution is -2.48. The number of rotatable bonds is 6. The zero-order valence-corrected chi connectivity index (χ0v) is 22.0. The van der Waals surface area contributed by atoms with E-state index in [0.29, 0.717) is 30.8 Å². The van der Waals surface area contributed by atoms with Crippen molar-refractivity contribution in [2.75, 3.05) is 38.2 Å². The fourth-order valence-electron chi connectivity index (χ4n) is 5.46. The molecule has 0 radical (unpaired) electrons. The number of nitrogens with zero attached hydrogens (tertiary/aromatic N) is 2. The van der Waals surface area contributed by atoms with Crippen molar-refractivity contribution in [3.05, 3.63) is 53.1 Å². The van der Waals surface area contributed by atoms with Crippen LogP contribution in [0.4, 0.5) is 5.69 Å². The quantitative estimate of drug-likeness (QED) is 0.654. The van der Waals surface area contributed by atoms with Gasteiger partial charge in [0.15, 0.2) is 0 Å². The van der Waals surface area contributed by atoms with Crippen molar-refractivity contribution < 1.29 is 17.9 Å². The molecule has 2 fully saturated rings. The average Bonchev–Trinajstić information content (AvgIpc) is 2.84. The number of aryl methyl sites for hydroxylation is 3. The molecular formula is C27H37N3O4S. The van der Waals surface area contributed by atoms with E-state index in [2.05, 4.69) is 22.3 Å². The number of amides is 1. The lowest BCUT2D eigenvalue weighted by molar-refractivity contribution is -0.127. The van der Waals surface area contributed by atoms with E-state index < -0.39 is 10.0 Å². The van der Waals surface area contributed by atoms with Crippen LogP contribution in [0.2, 0.25) is 0 Å². The van der Waals surface area contributed by atoms with Crippen molar-refractivity contribution >= 4 is 21.6 Å². The Balaban J connectivity index is 1.28. The molecule has 0 aliphatic carbocycles. The van der Waals surface area contributed by atoms with Crippen molar-refractivity contribution in [2.24, 2.45) is 5.92 Å². The van der Waals surface area contributed by atoms with Crippen LogP contribution in [0.3, 0.4) is 0 Å². The molecule has 0 atom stereocenters. The summed E-state index contributed by atoms with van der Waals surface area (Å²) in [5.41, 5.74) is 3.79. The second-order valence-electron chi connectivity index (χ2n) is 9.87. The number of piperidine rings is 2. The van der Waals surface area contributed by atoms with Gasteiger partial charge < -0.3 is 15.0 Å². The summed E-state index contributed by atoms with van der Waals surface area (Å²) in [6, 6.07) is 12.1. The third-order valence-corrected chi connectivity index (χ3v) is 9.51. The van der Waals surface area contributed by atoms with E-state index in [9.17, 15) is 13.2 Å². The predicted molar refractivity (Wildman–Crippen MR) is 139 cm³/mol. The van der Waals surface area contributed by atoms with Gasteiger partial charge in [0, 0.05) is 43.8 Å². The third-order valence-electron chi connectivity index (χ3n) is 7.31. The Morgan fingerprint density at radius 1 is 0.914 bits per heavy atom. The largest absolute Gasteiger partial charge is 0.497 e. The molecule has 1 amide bonds. The number of hydrogen-bond donors (Lipinski definition) is 1. The molecule has 0 aromatic heterocycles. The first-order chi connectivity index (χ1) is 16.7. The molecule has 2 aliphatic rings. The molecule has 2 aromatic rings. The zero-order chi connectivity index (χ0) is 25.2. The van der Waals surface area contributed by atoms with Gasteiger partial charge in [-0.3, -0.25) is 4.79 Å². The highest BCUT2D eigenvalue weighted by atomic mass is 32.2. The Hall–Kier alpha value is -2.58. The van der Waals surface area contributed by atoms with E-state index in [-0.39, 0.29) is 17.9 Å². The molecule has 7 nitrogen and oxygen atoms in total. The molecule has 8 heteroatoms. The summed E-state index contributed by atoms with van der Waals surface area (Å²) >= 11 is 0. The van der Waals surface area contributed by atoms with Crippen LogP contribution >= 0.6 is 0 Å². The van der Waals surface area contributed by atoms with Gasteiger partial charge in [-0.2, -0.15) is 4.31 Å². The molecule has 2 aliphatic heterocycles. The lowest BCUT2D eigenvalue weighted by atomic mass is 9.95. The molecule has 0 bridgehead atoms. The molecule has 2 heterocycles. The molecule has 2 aromatic carbocycles. The topological polar surface area (TPSA) is 79.0 Å². The zero-order valence-electron chi connectivity index (χ0n) is 21.2. The van der Waals surface area contributed by atoms with Crippen LogP contribution in [-0.2, 0) is 14.8 Å². The highest BCUT2D eigenvalue weighted by Crippen LogP contribution is 2.29. The predicted octanol–water partition coefficient (Wildman–Crippen LogP) is 3.81. The number of carbonyl (C=O) groups excluding carboxylic acids is 1. The molecule has 0 unspecified atom stereocenters. The van der Waals surface area contributed by atoms with Crippen LogP contribution < -0.4 is 15.0 Å². The van der Waals surface area contributed by atoms with Gasteiger partial charge in [0.2, 0.25) is 15.9 Å². The summed E-state index contributed by atoms with van der Waals surface area (Å²) in [4.78, 5) is 15.7. The summed E-state index contributed by atoms with van der Waals surface area (Å²) < 4.78 is 33.4. The van der Waals surface area contributed by atoms with Crippen molar-refractivity contribution in [3.8, 4) is 5.75 Å². The van der Waals surface area contributed by atoms with Gasteiger partial charge in [-0.1, -0.05) is 17.7 Å². The summed E-state index contributed by atoms with van der Waals surface area (Å²) in [5.74, 6) is 0.771. The molecule has 0 saturated carbocycles. The summed E-state index contributed by atoms with van der Waals surface area (Å²) in [5, 5.41) is 3.23. The first-order valence-corrected chi connectivity index (χ1v) is 13.9. The van der Waals surface area contributed by atoms with Gasteiger partial charge in [-0.05, 0) is 81.8 Å². The minimum atomic E-state index is -3.57. The summed E-state index contributed by atoms with van der Waals surface area (Å²) in [6.45, 7) is 8.22. The van der Waals surface area contributed by atoms with Gasteiger partial charge in [0.25, 0.3) is 0 Å². The number of hydrogen-bond acceptors (Lipinski definition) is 5. The molecule has 1 N–H and O–H groups in total. The Bertz CT molecular complexity index is 1120. The highest BCUT2D eigenvalue weighted by molar-refractivity contribution is 7.89. The Morgan fingerprint density at radius 3 is 2.03 bits per heavy atom. The average molecular weight is 500 g/mol. The molecule has 4 rings (SSSR count). The van der Waals surface area contributed by atoms with Crippen molar-refractivity contribution in [1.82, 2.24) is 9.62 Å². The van der Waals surface area contributed by atoms with Crippen LogP contribution in [0.5, 0.6) is 5.75 Å². The number of ether oxygens (including phenoxy) is 1. The van der Waals surface area contributed by atoms with Crippen LogP contribution in [-0.4, -0.2) is 58.0 Å². The van der Waals surface area contributed by atoms with E-state index in [1.807, 2.05) is 45.0 Å². The molecule has 2 saturated heterocycles. The summed E-state index contributed by atoms with van der Waals surface area (Å²) in [7, 11) is -1.90. The number of anilines is 1. The van der Waals surface area contributed by atoms with Gasteiger partial charge >= 0.3 is 0 Å². The van der Waals surface area contributed by atoms with E-state index in [0.717, 1.165) is 48.4 Å². The minimum Gasteiger partial charge on any atom is -0.497 e. The molecule has 190 valence electrons. The Kier molecular flexibility index (Phi) is 7.71. The van der Waals surface area contributed by atoms with Gasteiger partial charge in [0.05, 0.1) is 12.0 Å². The van der Waals surface area contributed by atoms with E-state index in [1.165, 1.54) is 5.69 Å². The summed E-state index contributed by atoms with van der Waals surface area (Å²) in [6.07, 6.45) is 2.91. The first-order valence-electron chi connectivity index (χ1n) is 12.5. The number of benzene rings is 2. The SMILES string of the molecule is COc1ccc(N2CCC(NC(=O)C3CCN(S(=O)(=O)c4c(C)cc(C)cc4C)CC3)CC2)cc1. The maximum atomic E-state index is 13.3. The number of methoxy groups -OCH3 is 1. The normalized spacial score (nSPS) is 18.5. The number of sulfonamides is 1. The van der Waals surface area contributed by atoms with Gasteiger partial charge in [0.1, 0.15) is 5.75 Å². The van der Waals surface area contributed by atoms with E-state index in [1.54, 1.807) is 11.4 Å². The second-order valence-corrected chi connectivity index (χ2v) is 11.7. The fraction of sp³-hybridized carbons (Fsp3) is 0.519. The Labute approximate surface area is 209 Å². The molecular weight excluding hydrogens is 462 g/mol. The van der Waals surface area contributed by atoms with Crippen LogP contribution in [0.15, 0.2) is 41.3 Å². The lowest BCUT2D eigenvalue weighted by Gasteiger charge is -2.36. The second kappa shape index (κ2) is 10.6. The molecule has 35 heavy (non-hydrogen) atoms. The molecule has 0 spiro atoms. The van der Waals surface area contributed by atoms with Crippen molar-refractivity contribution in [2.45, 2.75) is 57.4 Å². The third kappa shape index (κ3) is 5.64. The maximum Gasteiger partial charge on any atom is 0.243 e. The maximum absolute atomic E-state index is 13.3. The standard InChI is InChI=1S/C27H37N3O4S/c1-19-17-20(2)26(21(3)18-19)35(32,33)30-15-9-22(10-16-30)27(31)28-23-11-13-29(14-12-23)24-5-7-25(34-4)8-6-24/h5-8,17-18,22-23H,9-16H2,1-4H3,(H,28,31). The van der Waals surface area contributed by atoms with Gasteiger partial charge in [-0.25, -0.2) is 8.42 Å². The van der Waals surface area contributed by atoms with Gasteiger partial charge in [-0.15, -0.1) is 0 Å². The monoisotopic (exact) mass is 499 g/mol. The first kappa shape index (κ1) is 25.5. The fourth-order valence-corrected chi connectivity index (χ4v) is 7.34. The van der Waals surface area contributed by atoms with Crippen LogP contribution in [0.1, 0.15) is 42.4 Å². The number of carbonyl (C=O) groups is 1. The smallest absolute Gasteiger partial charge is 0.243 e. The minimum absolute atomic E-state index is 0.0626. The van der Waals surface area contributed by atoms with Crippen LogP contribution in [0.25, 0.3) is 0 Å². The van der Waals surface area contributed by atoms with Crippen molar-refractivity contribution in [1.29, 1.82) is 0 Å². The number of nitrogens with one attached hydrogen (secondary N) is 1.